The summed E-state index contributed by atoms with van der Waals surface area (Å²) in [5.41, 5.74) is 3.68. The van der Waals surface area contributed by atoms with E-state index < -0.39 is 0 Å². The molecule has 0 saturated carbocycles. The fourth-order valence-corrected chi connectivity index (χ4v) is 2.58. The fourth-order valence-electron chi connectivity index (χ4n) is 1.38. The van der Waals surface area contributed by atoms with E-state index in [4.69, 9.17) is 0 Å². The maximum Gasteiger partial charge on any atom is 0.119 e. The Bertz CT molecular complexity index is 265. The van der Waals surface area contributed by atoms with Gasteiger partial charge in [-0.25, -0.2) is 0 Å². The number of hydrogen-bond donors (Lipinski definition) is 0. The van der Waals surface area contributed by atoms with E-state index in [2.05, 4.69) is 60.5 Å². The highest BCUT2D eigenvalue weighted by Crippen LogP contribution is 2.00. The second kappa shape index (κ2) is 6.57. The first-order valence-electron chi connectivity index (χ1n) is 5.30. The largest absolute Gasteiger partial charge is 0.326 e. The Morgan fingerprint density at radius 1 is 1.14 bits per heavy atom. The maximum atomic E-state index is 2.53. The van der Waals surface area contributed by atoms with Crippen LogP contribution < -0.4 is 0 Å². The zero-order valence-electron chi connectivity index (χ0n) is 9.11. The van der Waals surface area contributed by atoms with Gasteiger partial charge in [0.25, 0.3) is 0 Å². The molecular formula is C12H19NSi. The summed E-state index contributed by atoms with van der Waals surface area (Å²) in [4.78, 5) is 0. The Labute approximate surface area is 89.3 Å². The van der Waals surface area contributed by atoms with E-state index in [-0.39, 0.29) is 9.68 Å². The Morgan fingerprint density at radius 2 is 1.79 bits per heavy atom. The van der Waals surface area contributed by atoms with E-state index in [1.165, 1.54) is 18.7 Å². The van der Waals surface area contributed by atoms with Crippen LogP contribution in [0.3, 0.4) is 0 Å². The van der Waals surface area contributed by atoms with Crippen molar-refractivity contribution >= 4 is 15.8 Å². The van der Waals surface area contributed by atoms with Crippen LogP contribution in [0.1, 0.15) is 19.4 Å². The minimum Gasteiger partial charge on any atom is -0.326 e. The van der Waals surface area contributed by atoms with Gasteiger partial charge in [-0.1, -0.05) is 56.0 Å². The fraction of sp³-hybridized carbons (Fsp3) is 0.333. The highest BCUT2D eigenvalue weighted by atomic mass is 28.2. The molecule has 0 spiro atoms. The first-order valence-corrected chi connectivity index (χ1v) is 6.75. The van der Waals surface area contributed by atoms with Crippen molar-refractivity contribution in [3.63, 3.8) is 0 Å². The third-order valence-corrected chi connectivity index (χ3v) is 4.23. The molecular weight excluding hydrogens is 186 g/mol. The molecule has 0 aromatic heterocycles. The molecule has 1 aromatic carbocycles. The molecule has 1 rings (SSSR count). The van der Waals surface area contributed by atoms with E-state index in [1.54, 1.807) is 0 Å². The van der Waals surface area contributed by atoms with Gasteiger partial charge < -0.3 is 4.57 Å². The molecule has 0 aliphatic carbocycles. The highest BCUT2D eigenvalue weighted by molar-refractivity contribution is 6.40. The normalized spacial score (nSPS) is 12.2. The van der Waals surface area contributed by atoms with Crippen molar-refractivity contribution in [3.05, 3.63) is 41.6 Å². The van der Waals surface area contributed by atoms with Crippen molar-refractivity contribution in [1.29, 1.82) is 0 Å². The van der Waals surface area contributed by atoms with Crippen LogP contribution >= 0.6 is 0 Å². The molecule has 0 atom stereocenters. The number of nitrogens with zero attached hydrogens (tertiary/aromatic N) is 1. The zero-order chi connectivity index (χ0) is 10.2. The topological polar surface area (TPSA) is 3.24 Å². The summed E-state index contributed by atoms with van der Waals surface area (Å²) in [7, 11) is -0.166. The summed E-state index contributed by atoms with van der Waals surface area (Å²) in [5.74, 6) is 0. The third kappa shape index (κ3) is 3.90. The van der Waals surface area contributed by atoms with E-state index >= 15 is 0 Å². The summed E-state index contributed by atoms with van der Waals surface area (Å²) >= 11 is 0. The van der Waals surface area contributed by atoms with Crippen molar-refractivity contribution in [2.75, 3.05) is 13.1 Å². The molecule has 0 amide bonds. The lowest BCUT2D eigenvalue weighted by molar-refractivity contribution is 0.498. The molecule has 76 valence electrons. The van der Waals surface area contributed by atoms with E-state index in [0.29, 0.717) is 0 Å². The summed E-state index contributed by atoms with van der Waals surface area (Å²) in [6.07, 6.45) is 2.24. The van der Waals surface area contributed by atoms with Crippen molar-refractivity contribution in [1.82, 2.24) is 4.57 Å². The van der Waals surface area contributed by atoms with Crippen molar-refractivity contribution in [2.24, 2.45) is 0 Å². The first-order chi connectivity index (χ1) is 6.86. The summed E-state index contributed by atoms with van der Waals surface area (Å²) in [6.45, 7) is 6.82. The van der Waals surface area contributed by atoms with E-state index in [1.807, 2.05) is 0 Å². The van der Waals surface area contributed by atoms with Crippen LogP contribution in [0.25, 0.3) is 6.08 Å². The quantitative estimate of drug-likeness (QED) is 0.665. The lowest BCUT2D eigenvalue weighted by Gasteiger charge is -2.14. The van der Waals surface area contributed by atoms with E-state index in [0.717, 1.165) is 0 Å². The molecule has 1 aromatic rings. The van der Waals surface area contributed by atoms with E-state index in [9.17, 15) is 0 Å². The van der Waals surface area contributed by atoms with Gasteiger partial charge in [0.2, 0.25) is 0 Å². The molecule has 0 unspecified atom stereocenters. The maximum absolute atomic E-state index is 2.53. The average molecular weight is 205 g/mol. The summed E-state index contributed by atoms with van der Waals surface area (Å²) in [6, 6.07) is 10.5. The Kier molecular flexibility index (Phi) is 5.26. The van der Waals surface area contributed by atoms with Crippen molar-refractivity contribution in [3.8, 4) is 0 Å². The van der Waals surface area contributed by atoms with Crippen LogP contribution in [0.2, 0.25) is 0 Å². The monoisotopic (exact) mass is 205 g/mol. The first kappa shape index (κ1) is 11.2. The molecule has 0 radical (unpaired) electrons. The van der Waals surface area contributed by atoms with Crippen molar-refractivity contribution in [2.45, 2.75) is 13.8 Å². The van der Waals surface area contributed by atoms with Gasteiger partial charge in [-0.15, -0.1) is 0 Å². The molecule has 0 N–H and O–H groups in total. The third-order valence-electron chi connectivity index (χ3n) is 2.37. The minimum atomic E-state index is -0.166. The highest BCUT2D eigenvalue weighted by Gasteiger charge is 1.94. The molecule has 0 aliphatic heterocycles. The standard InChI is InChI=1S/C12H19NSi/c1-3-13(4-2)14-11-10-12-8-6-5-7-9-12/h5-11H,3-4,14H2,1-2H3. The van der Waals surface area contributed by atoms with Gasteiger partial charge >= 0.3 is 0 Å². The van der Waals surface area contributed by atoms with Crippen LogP contribution in [-0.4, -0.2) is 27.3 Å². The molecule has 1 nitrogen and oxygen atoms in total. The molecule has 2 heteroatoms. The molecule has 0 saturated heterocycles. The van der Waals surface area contributed by atoms with Gasteiger partial charge in [0.05, 0.1) is 0 Å². The van der Waals surface area contributed by atoms with Crippen LogP contribution in [0, 0.1) is 0 Å². The molecule has 0 aliphatic rings. The molecule has 14 heavy (non-hydrogen) atoms. The average Bonchev–Trinajstić information content (AvgIpc) is 2.26. The summed E-state index contributed by atoms with van der Waals surface area (Å²) < 4.78 is 2.53. The van der Waals surface area contributed by atoms with Crippen LogP contribution in [0.5, 0.6) is 0 Å². The summed E-state index contributed by atoms with van der Waals surface area (Å²) in [5, 5.41) is 0. The van der Waals surface area contributed by atoms with Crippen LogP contribution in [0.15, 0.2) is 36.0 Å². The van der Waals surface area contributed by atoms with Gasteiger partial charge in [-0.05, 0) is 18.7 Å². The molecule has 0 fully saturated rings. The minimum absolute atomic E-state index is 0.166. The second-order valence-corrected chi connectivity index (χ2v) is 5.03. The predicted molar refractivity (Wildman–Crippen MR) is 66.9 cm³/mol. The van der Waals surface area contributed by atoms with Gasteiger partial charge in [-0.3, -0.25) is 0 Å². The Morgan fingerprint density at radius 3 is 2.36 bits per heavy atom. The van der Waals surface area contributed by atoms with Crippen molar-refractivity contribution < 1.29 is 0 Å². The predicted octanol–water partition coefficient (Wildman–Crippen LogP) is 2.08. The Hall–Kier alpha value is -0.863. The Balaban J connectivity index is 2.41. The second-order valence-electron chi connectivity index (χ2n) is 3.30. The molecule has 0 heterocycles. The molecule has 0 bridgehead atoms. The van der Waals surface area contributed by atoms with Gasteiger partial charge in [-0.2, -0.15) is 0 Å². The smallest absolute Gasteiger partial charge is 0.119 e. The van der Waals surface area contributed by atoms with Gasteiger partial charge in [0.1, 0.15) is 9.68 Å². The van der Waals surface area contributed by atoms with Crippen LogP contribution in [0.4, 0.5) is 0 Å². The lowest BCUT2D eigenvalue weighted by atomic mass is 10.2. The zero-order valence-corrected chi connectivity index (χ0v) is 10.5. The lowest BCUT2D eigenvalue weighted by Crippen LogP contribution is -2.25. The van der Waals surface area contributed by atoms with Crippen LogP contribution in [-0.2, 0) is 0 Å². The van der Waals surface area contributed by atoms with Gasteiger partial charge in [0, 0.05) is 0 Å². The number of benzene rings is 1. The van der Waals surface area contributed by atoms with Gasteiger partial charge in [0.15, 0.2) is 0 Å². The number of rotatable bonds is 5. The number of hydrogen-bond acceptors (Lipinski definition) is 1. The SMILES string of the molecule is CCN(CC)[SiH2]C=Cc1ccccc1.